The van der Waals surface area contributed by atoms with Gasteiger partial charge in [-0.25, -0.2) is 0 Å². The Balaban J connectivity index is 1.73. The van der Waals surface area contributed by atoms with Crippen LogP contribution in [0.3, 0.4) is 0 Å². The molecule has 1 heterocycles. The first-order valence-corrected chi connectivity index (χ1v) is 8.46. The molecule has 0 fully saturated rings. The Morgan fingerprint density at radius 3 is 2.70 bits per heavy atom. The van der Waals surface area contributed by atoms with Crippen LogP contribution < -0.4 is 5.32 Å². The van der Waals surface area contributed by atoms with E-state index in [-0.39, 0.29) is 11.7 Å². The molecule has 1 aromatic heterocycles. The third kappa shape index (κ3) is 4.47. The molecule has 0 saturated carbocycles. The van der Waals surface area contributed by atoms with E-state index >= 15 is 0 Å². The summed E-state index contributed by atoms with van der Waals surface area (Å²) in [6.45, 7) is 0.358. The number of hydrogen-bond donors (Lipinski definition) is 2. The van der Waals surface area contributed by atoms with Gasteiger partial charge in [0.2, 0.25) is 0 Å². The molecule has 0 aliphatic heterocycles. The summed E-state index contributed by atoms with van der Waals surface area (Å²) < 4.78 is 11.9. The summed E-state index contributed by atoms with van der Waals surface area (Å²) >= 11 is 1.18. The molecule has 1 unspecified atom stereocenters. The van der Waals surface area contributed by atoms with Crippen molar-refractivity contribution in [3.05, 3.63) is 52.2 Å². The van der Waals surface area contributed by atoms with Crippen LogP contribution in [0.2, 0.25) is 0 Å². The molecule has 0 spiro atoms. The second-order valence-corrected chi connectivity index (χ2v) is 6.69. The summed E-state index contributed by atoms with van der Waals surface area (Å²) in [6, 6.07) is 11.0. The maximum absolute atomic E-state index is 11.9. The minimum Gasteiger partial charge on any atom is -0.507 e. The van der Waals surface area contributed by atoms with Crippen molar-refractivity contribution >= 4 is 28.0 Å². The number of benzene rings is 1. The minimum atomic E-state index is -0.999. The van der Waals surface area contributed by atoms with Crippen LogP contribution in [0.15, 0.2) is 41.8 Å². The average Bonchev–Trinajstić information content (AvgIpc) is 2.86. The number of nitrogens with one attached hydrogen (secondary N) is 1. The van der Waals surface area contributed by atoms with Crippen molar-refractivity contribution in [1.82, 2.24) is 5.32 Å². The van der Waals surface area contributed by atoms with Crippen LogP contribution in [0, 0.1) is 0 Å². The van der Waals surface area contributed by atoms with Crippen molar-refractivity contribution in [2.75, 3.05) is 12.3 Å². The van der Waals surface area contributed by atoms with E-state index < -0.39 is 10.8 Å². The molecule has 20 heavy (non-hydrogen) atoms. The number of carbonyl (C=O) groups is 1. The van der Waals surface area contributed by atoms with Gasteiger partial charge in [-0.15, -0.1) is 11.3 Å². The lowest BCUT2D eigenvalue weighted by atomic mass is 10.2. The molecule has 0 saturated heterocycles. The zero-order valence-electron chi connectivity index (χ0n) is 10.7. The molecule has 1 atom stereocenters. The van der Waals surface area contributed by atoms with Crippen molar-refractivity contribution in [3.8, 4) is 5.75 Å². The smallest absolute Gasteiger partial charge is 0.261 e. The molecule has 6 heteroatoms. The Bertz CT molecular complexity index is 595. The Hall–Kier alpha value is -1.66. The SMILES string of the molecule is O=C(NCCS(=O)Cc1ccccc1)c1cc(O)cs1. The lowest BCUT2D eigenvalue weighted by Crippen LogP contribution is -2.27. The summed E-state index contributed by atoms with van der Waals surface area (Å²) in [5.41, 5.74) is 1.03. The Morgan fingerprint density at radius 2 is 2.05 bits per heavy atom. The molecule has 1 amide bonds. The quantitative estimate of drug-likeness (QED) is 0.859. The van der Waals surface area contributed by atoms with Crippen LogP contribution in [-0.4, -0.2) is 27.5 Å². The predicted octanol–water partition coefficient (Wildman–Crippen LogP) is 2.13. The van der Waals surface area contributed by atoms with E-state index in [4.69, 9.17) is 5.11 Å². The van der Waals surface area contributed by atoms with Gasteiger partial charge < -0.3 is 10.4 Å². The van der Waals surface area contributed by atoms with Crippen LogP contribution in [-0.2, 0) is 16.6 Å². The molecule has 1 aromatic carbocycles. The summed E-state index contributed by atoms with van der Waals surface area (Å²) in [5.74, 6) is 0.758. The molecular formula is C14H15NO3S2. The number of thiophene rings is 1. The minimum absolute atomic E-state index is 0.0906. The number of rotatable bonds is 6. The third-order valence-corrected chi connectivity index (χ3v) is 4.83. The number of aromatic hydroxyl groups is 1. The van der Waals surface area contributed by atoms with Crippen LogP contribution in [0.5, 0.6) is 5.75 Å². The first-order valence-electron chi connectivity index (χ1n) is 6.10. The molecule has 106 valence electrons. The second kappa shape index (κ2) is 7.21. The molecule has 0 bridgehead atoms. The molecule has 2 N–H and O–H groups in total. The fourth-order valence-corrected chi connectivity index (χ4v) is 3.37. The fraction of sp³-hybridized carbons (Fsp3) is 0.214. The number of hydrogen-bond acceptors (Lipinski definition) is 4. The van der Waals surface area contributed by atoms with Gasteiger partial charge in [-0.2, -0.15) is 0 Å². The van der Waals surface area contributed by atoms with Gasteiger partial charge in [-0.1, -0.05) is 30.3 Å². The Morgan fingerprint density at radius 1 is 1.30 bits per heavy atom. The molecule has 0 radical (unpaired) electrons. The first kappa shape index (κ1) is 14.7. The number of amides is 1. The Kier molecular flexibility index (Phi) is 5.31. The van der Waals surface area contributed by atoms with Crippen LogP contribution in [0.25, 0.3) is 0 Å². The maximum Gasteiger partial charge on any atom is 0.261 e. The molecule has 0 aliphatic rings. The van der Waals surface area contributed by atoms with E-state index in [1.807, 2.05) is 30.3 Å². The highest BCUT2D eigenvalue weighted by molar-refractivity contribution is 7.84. The van der Waals surface area contributed by atoms with Gasteiger partial charge in [0.1, 0.15) is 5.75 Å². The normalized spacial score (nSPS) is 12.0. The van der Waals surface area contributed by atoms with Gasteiger partial charge in [0.25, 0.3) is 5.91 Å². The largest absolute Gasteiger partial charge is 0.507 e. The predicted molar refractivity (Wildman–Crippen MR) is 81.5 cm³/mol. The lowest BCUT2D eigenvalue weighted by molar-refractivity contribution is 0.0960. The Labute approximate surface area is 123 Å². The standard InChI is InChI=1S/C14H15NO3S2/c16-12-8-13(19-9-12)14(17)15-6-7-20(18)10-11-4-2-1-3-5-11/h1-5,8-9,16H,6-7,10H2,(H,15,17). The monoisotopic (exact) mass is 309 g/mol. The van der Waals surface area contributed by atoms with Gasteiger partial charge in [0, 0.05) is 40.3 Å². The number of carbonyl (C=O) groups excluding carboxylic acids is 1. The van der Waals surface area contributed by atoms with Crippen molar-refractivity contribution in [2.24, 2.45) is 0 Å². The average molecular weight is 309 g/mol. The molecular weight excluding hydrogens is 294 g/mol. The highest BCUT2D eigenvalue weighted by Crippen LogP contribution is 2.19. The third-order valence-electron chi connectivity index (χ3n) is 2.60. The van der Waals surface area contributed by atoms with Crippen LogP contribution in [0.4, 0.5) is 0 Å². The topological polar surface area (TPSA) is 66.4 Å². The second-order valence-electron chi connectivity index (χ2n) is 4.20. The van der Waals surface area contributed by atoms with Gasteiger partial charge in [0.15, 0.2) is 0 Å². The van der Waals surface area contributed by atoms with Crippen LogP contribution >= 0.6 is 11.3 Å². The molecule has 0 aliphatic carbocycles. The van der Waals surface area contributed by atoms with Crippen molar-refractivity contribution in [2.45, 2.75) is 5.75 Å². The summed E-state index contributed by atoms with van der Waals surface area (Å²) in [7, 11) is -0.999. The van der Waals surface area contributed by atoms with E-state index in [0.29, 0.717) is 22.9 Å². The van der Waals surface area contributed by atoms with Gasteiger partial charge in [0.05, 0.1) is 4.88 Å². The molecule has 4 nitrogen and oxygen atoms in total. The summed E-state index contributed by atoms with van der Waals surface area (Å²) in [5, 5.41) is 13.4. The van der Waals surface area contributed by atoms with Crippen molar-refractivity contribution < 1.29 is 14.1 Å². The summed E-state index contributed by atoms with van der Waals surface area (Å²) in [4.78, 5) is 12.1. The zero-order chi connectivity index (χ0) is 14.4. The zero-order valence-corrected chi connectivity index (χ0v) is 12.4. The van der Waals surface area contributed by atoms with E-state index in [1.165, 1.54) is 22.8 Å². The molecule has 2 rings (SSSR count). The molecule has 2 aromatic rings. The van der Waals surface area contributed by atoms with Gasteiger partial charge >= 0.3 is 0 Å². The fourth-order valence-electron chi connectivity index (χ4n) is 1.64. The van der Waals surface area contributed by atoms with E-state index in [1.54, 1.807) is 0 Å². The first-order chi connectivity index (χ1) is 9.65. The van der Waals surface area contributed by atoms with Crippen molar-refractivity contribution in [1.29, 1.82) is 0 Å². The van der Waals surface area contributed by atoms with E-state index in [2.05, 4.69) is 5.32 Å². The highest BCUT2D eigenvalue weighted by atomic mass is 32.2. The van der Waals surface area contributed by atoms with E-state index in [9.17, 15) is 9.00 Å². The highest BCUT2D eigenvalue weighted by Gasteiger charge is 2.09. The van der Waals surface area contributed by atoms with Crippen LogP contribution in [0.1, 0.15) is 15.2 Å². The maximum atomic E-state index is 11.9. The summed E-state index contributed by atoms with van der Waals surface area (Å²) in [6.07, 6.45) is 0. The van der Waals surface area contributed by atoms with Gasteiger partial charge in [-0.05, 0) is 5.56 Å². The van der Waals surface area contributed by atoms with Gasteiger partial charge in [-0.3, -0.25) is 9.00 Å². The lowest BCUT2D eigenvalue weighted by Gasteiger charge is -2.04. The van der Waals surface area contributed by atoms with Crippen molar-refractivity contribution in [3.63, 3.8) is 0 Å². The van der Waals surface area contributed by atoms with E-state index in [0.717, 1.165) is 5.56 Å².